The molecule has 0 spiro atoms. The number of aryl methyl sites for hydroxylation is 1. The first-order valence-electron chi connectivity index (χ1n) is 8.74. The van der Waals surface area contributed by atoms with E-state index in [9.17, 15) is 4.79 Å². The van der Waals surface area contributed by atoms with E-state index in [0.29, 0.717) is 18.8 Å². The highest BCUT2D eigenvalue weighted by Gasteiger charge is 2.14. The number of anilines is 2. The maximum Gasteiger partial charge on any atom is 0.224 e. The molecule has 0 aromatic carbocycles. The Morgan fingerprint density at radius 1 is 1.28 bits per heavy atom. The van der Waals surface area contributed by atoms with Gasteiger partial charge in [-0.25, -0.2) is 4.98 Å². The number of hydrogen-bond donors (Lipinski definition) is 1. The SMILES string of the molecule is Cc1nn(CC(C)C)c(C)c1CCC(=O)Nc1ccc(N(C)C)nc1. The van der Waals surface area contributed by atoms with Crippen molar-refractivity contribution in [2.75, 3.05) is 24.3 Å². The van der Waals surface area contributed by atoms with Crippen LogP contribution in [0.3, 0.4) is 0 Å². The van der Waals surface area contributed by atoms with E-state index in [1.54, 1.807) is 6.20 Å². The molecule has 136 valence electrons. The molecule has 0 aliphatic heterocycles. The fourth-order valence-electron chi connectivity index (χ4n) is 2.81. The molecule has 1 amide bonds. The lowest BCUT2D eigenvalue weighted by atomic mass is 10.1. The molecule has 2 aromatic heterocycles. The minimum Gasteiger partial charge on any atom is -0.363 e. The minimum atomic E-state index is -0.00480. The van der Waals surface area contributed by atoms with E-state index in [0.717, 1.165) is 29.4 Å². The molecular weight excluding hydrogens is 314 g/mol. The fraction of sp³-hybridized carbons (Fsp3) is 0.526. The van der Waals surface area contributed by atoms with Crippen LogP contribution in [0.5, 0.6) is 0 Å². The molecule has 1 N–H and O–H groups in total. The molecule has 0 bridgehead atoms. The first-order valence-corrected chi connectivity index (χ1v) is 8.74. The molecule has 6 nitrogen and oxygen atoms in total. The van der Waals surface area contributed by atoms with Crippen molar-refractivity contribution in [1.29, 1.82) is 0 Å². The Morgan fingerprint density at radius 3 is 2.56 bits per heavy atom. The van der Waals surface area contributed by atoms with Gasteiger partial charge in [-0.05, 0) is 43.9 Å². The molecule has 0 aliphatic rings. The maximum absolute atomic E-state index is 12.2. The molecule has 6 heteroatoms. The van der Waals surface area contributed by atoms with Crippen molar-refractivity contribution in [2.24, 2.45) is 5.92 Å². The third-order valence-electron chi connectivity index (χ3n) is 4.16. The summed E-state index contributed by atoms with van der Waals surface area (Å²) >= 11 is 0. The molecule has 0 aliphatic carbocycles. The van der Waals surface area contributed by atoms with Crippen LogP contribution in [0.2, 0.25) is 0 Å². The highest BCUT2D eigenvalue weighted by molar-refractivity contribution is 5.90. The maximum atomic E-state index is 12.2. The summed E-state index contributed by atoms with van der Waals surface area (Å²) in [4.78, 5) is 18.5. The number of carbonyl (C=O) groups excluding carboxylic acids is 1. The van der Waals surface area contributed by atoms with Crippen molar-refractivity contribution in [3.05, 3.63) is 35.3 Å². The smallest absolute Gasteiger partial charge is 0.224 e. The number of amides is 1. The highest BCUT2D eigenvalue weighted by Crippen LogP contribution is 2.17. The van der Waals surface area contributed by atoms with Crippen molar-refractivity contribution >= 4 is 17.4 Å². The number of carbonyl (C=O) groups is 1. The summed E-state index contributed by atoms with van der Waals surface area (Å²) in [5, 5.41) is 7.52. The lowest BCUT2D eigenvalue weighted by Gasteiger charge is -2.11. The predicted octanol–water partition coefficient (Wildman–Crippen LogP) is 3.19. The Labute approximate surface area is 150 Å². The summed E-state index contributed by atoms with van der Waals surface area (Å²) in [7, 11) is 3.87. The highest BCUT2D eigenvalue weighted by atomic mass is 16.1. The van der Waals surface area contributed by atoms with Gasteiger partial charge in [0.05, 0.1) is 17.6 Å². The van der Waals surface area contributed by atoms with Crippen molar-refractivity contribution < 1.29 is 4.79 Å². The molecule has 25 heavy (non-hydrogen) atoms. The van der Waals surface area contributed by atoms with Crippen molar-refractivity contribution in [3.63, 3.8) is 0 Å². The van der Waals surface area contributed by atoms with Crippen molar-refractivity contribution in [1.82, 2.24) is 14.8 Å². The van der Waals surface area contributed by atoms with E-state index in [-0.39, 0.29) is 5.91 Å². The first-order chi connectivity index (χ1) is 11.8. The molecule has 2 aromatic rings. The zero-order valence-corrected chi connectivity index (χ0v) is 16.1. The monoisotopic (exact) mass is 343 g/mol. The van der Waals surface area contributed by atoms with Crippen LogP contribution in [0.4, 0.5) is 11.5 Å². The van der Waals surface area contributed by atoms with Gasteiger partial charge < -0.3 is 10.2 Å². The van der Waals surface area contributed by atoms with Crippen LogP contribution in [0, 0.1) is 19.8 Å². The van der Waals surface area contributed by atoms with Gasteiger partial charge in [-0.3, -0.25) is 9.48 Å². The normalized spacial score (nSPS) is 11.0. The summed E-state index contributed by atoms with van der Waals surface area (Å²) in [6, 6.07) is 3.76. The van der Waals surface area contributed by atoms with E-state index >= 15 is 0 Å². The van der Waals surface area contributed by atoms with Crippen LogP contribution < -0.4 is 10.2 Å². The third kappa shape index (κ3) is 5.05. The van der Waals surface area contributed by atoms with Crippen LogP contribution in [-0.4, -0.2) is 34.8 Å². The van der Waals surface area contributed by atoms with Crippen LogP contribution in [0.1, 0.15) is 37.2 Å². The number of aromatic nitrogens is 3. The topological polar surface area (TPSA) is 63.1 Å². The average Bonchev–Trinajstić information content (AvgIpc) is 2.79. The van der Waals surface area contributed by atoms with Crippen LogP contribution >= 0.6 is 0 Å². The standard InChI is InChI=1S/C19H29N5O/c1-13(2)12-24-15(4)17(14(3)22-24)8-10-19(25)21-16-7-9-18(20-11-16)23(5)6/h7,9,11,13H,8,10,12H2,1-6H3,(H,21,25). The number of nitrogens with one attached hydrogen (secondary N) is 1. The Balaban J connectivity index is 1.95. The second-order valence-electron chi connectivity index (χ2n) is 7.07. The summed E-state index contributed by atoms with van der Waals surface area (Å²) < 4.78 is 2.05. The van der Waals surface area contributed by atoms with E-state index in [4.69, 9.17) is 0 Å². The lowest BCUT2D eigenvalue weighted by Crippen LogP contribution is -2.14. The number of pyridine rings is 1. The minimum absolute atomic E-state index is 0.00480. The van der Waals surface area contributed by atoms with Crippen LogP contribution in [0.15, 0.2) is 18.3 Å². The molecule has 2 rings (SSSR count). The van der Waals surface area contributed by atoms with Gasteiger partial charge in [0.15, 0.2) is 0 Å². The molecule has 2 heterocycles. The second kappa shape index (κ2) is 8.14. The molecule has 0 unspecified atom stereocenters. The van der Waals surface area contributed by atoms with Crippen molar-refractivity contribution in [2.45, 2.75) is 47.1 Å². The summed E-state index contributed by atoms with van der Waals surface area (Å²) in [6.07, 6.45) is 2.82. The number of nitrogens with zero attached hydrogens (tertiary/aromatic N) is 4. The fourth-order valence-corrected chi connectivity index (χ4v) is 2.81. The second-order valence-corrected chi connectivity index (χ2v) is 7.07. The quantitative estimate of drug-likeness (QED) is 0.838. The zero-order chi connectivity index (χ0) is 18.6. The van der Waals surface area contributed by atoms with Gasteiger partial charge in [-0.1, -0.05) is 13.8 Å². The Morgan fingerprint density at radius 2 is 2.00 bits per heavy atom. The molecule has 0 radical (unpaired) electrons. The average molecular weight is 343 g/mol. The molecule has 0 fully saturated rings. The number of rotatable bonds is 7. The zero-order valence-electron chi connectivity index (χ0n) is 16.1. The first kappa shape index (κ1) is 19.0. The summed E-state index contributed by atoms with van der Waals surface area (Å²) in [5.41, 5.74) is 4.08. The Kier molecular flexibility index (Phi) is 6.17. The van der Waals surface area contributed by atoms with E-state index < -0.39 is 0 Å². The summed E-state index contributed by atoms with van der Waals surface area (Å²) in [6.45, 7) is 9.36. The molecule has 0 saturated heterocycles. The van der Waals surface area contributed by atoms with E-state index in [1.165, 1.54) is 5.56 Å². The Bertz CT molecular complexity index is 716. The van der Waals surface area contributed by atoms with Crippen LogP contribution in [-0.2, 0) is 17.8 Å². The number of hydrogen-bond acceptors (Lipinski definition) is 4. The molecule has 0 saturated carbocycles. The van der Waals surface area contributed by atoms with Crippen LogP contribution in [0.25, 0.3) is 0 Å². The van der Waals surface area contributed by atoms with Gasteiger partial charge in [0.25, 0.3) is 0 Å². The van der Waals surface area contributed by atoms with Gasteiger partial charge in [0.2, 0.25) is 5.91 Å². The largest absolute Gasteiger partial charge is 0.363 e. The van der Waals surface area contributed by atoms with Gasteiger partial charge in [-0.2, -0.15) is 5.10 Å². The lowest BCUT2D eigenvalue weighted by molar-refractivity contribution is -0.116. The molecule has 0 atom stereocenters. The summed E-state index contributed by atoms with van der Waals surface area (Å²) in [5.74, 6) is 1.41. The van der Waals surface area contributed by atoms with Crippen molar-refractivity contribution in [3.8, 4) is 0 Å². The van der Waals surface area contributed by atoms with Gasteiger partial charge in [0.1, 0.15) is 5.82 Å². The van der Waals surface area contributed by atoms with Gasteiger partial charge in [0, 0.05) is 32.8 Å². The molecular formula is C19H29N5O. The van der Waals surface area contributed by atoms with E-state index in [2.05, 4.69) is 40.9 Å². The van der Waals surface area contributed by atoms with Gasteiger partial charge in [-0.15, -0.1) is 0 Å². The Hall–Kier alpha value is -2.37. The van der Waals surface area contributed by atoms with E-state index in [1.807, 2.05) is 38.1 Å². The van der Waals surface area contributed by atoms with Gasteiger partial charge >= 0.3 is 0 Å². The third-order valence-corrected chi connectivity index (χ3v) is 4.16. The predicted molar refractivity (Wildman–Crippen MR) is 102 cm³/mol.